The molecule has 6 heteroatoms. The van der Waals surface area contributed by atoms with Crippen molar-refractivity contribution in [2.24, 2.45) is 16.6 Å². The van der Waals surface area contributed by atoms with Gasteiger partial charge in [0.2, 0.25) is 10.0 Å². The Labute approximate surface area is 103 Å². The van der Waals surface area contributed by atoms with E-state index in [2.05, 4.69) is 4.72 Å². The quantitative estimate of drug-likeness (QED) is 0.775. The molecule has 0 heterocycles. The molecule has 0 aromatic heterocycles. The summed E-state index contributed by atoms with van der Waals surface area (Å²) in [7, 11) is -3.60. The third-order valence-corrected chi connectivity index (χ3v) is 5.62. The maximum Gasteiger partial charge on any atom is 0.227 e. The molecular weight excluding hydrogens is 238 g/mol. The fraction of sp³-hybridized carbons (Fsp3) is 0.909. The number of nitrogens with zero attached hydrogens (tertiary/aromatic N) is 1. The van der Waals surface area contributed by atoms with Crippen LogP contribution in [-0.4, -0.2) is 25.8 Å². The van der Waals surface area contributed by atoms with Crippen molar-refractivity contribution in [1.29, 1.82) is 5.26 Å². The van der Waals surface area contributed by atoms with Gasteiger partial charge in [-0.15, -0.1) is 0 Å². The zero-order valence-electron chi connectivity index (χ0n) is 11.0. The minimum atomic E-state index is -3.60. The molecule has 0 aromatic carbocycles. The summed E-state index contributed by atoms with van der Waals surface area (Å²) in [5.41, 5.74) is 5.45. The fourth-order valence-electron chi connectivity index (χ4n) is 2.82. The van der Waals surface area contributed by atoms with E-state index < -0.39 is 15.3 Å². The molecule has 1 aliphatic carbocycles. The molecule has 0 bridgehead atoms. The first kappa shape index (κ1) is 14.4. The highest BCUT2D eigenvalue weighted by atomic mass is 32.2. The maximum absolute atomic E-state index is 11.9. The van der Waals surface area contributed by atoms with Crippen molar-refractivity contribution in [3.63, 3.8) is 0 Å². The molecule has 3 N–H and O–H groups in total. The predicted molar refractivity (Wildman–Crippen MR) is 66.5 cm³/mol. The third-order valence-electron chi connectivity index (χ3n) is 4.02. The largest absolute Gasteiger partial charge is 0.327 e. The van der Waals surface area contributed by atoms with Crippen molar-refractivity contribution in [2.75, 3.05) is 0 Å². The van der Waals surface area contributed by atoms with Crippen LogP contribution < -0.4 is 10.5 Å². The number of rotatable bonds is 3. The number of hydrogen-bond acceptors (Lipinski definition) is 4. The molecule has 1 atom stereocenters. The SMILES string of the molecule is CC(C#N)S(=O)(=O)NC1C(C)(C)C(N)C1(C)C. The first-order chi connectivity index (χ1) is 7.48. The van der Waals surface area contributed by atoms with Gasteiger partial charge in [-0.3, -0.25) is 0 Å². The summed E-state index contributed by atoms with van der Waals surface area (Å²) in [5.74, 6) is 0. The molecule has 1 unspecified atom stereocenters. The molecule has 0 amide bonds. The van der Waals surface area contributed by atoms with Crippen LogP contribution in [0.25, 0.3) is 0 Å². The number of nitriles is 1. The minimum Gasteiger partial charge on any atom is -0.327 e. The van der Waals surface area contributed by atoms with Crippen LogP contribution in [0.15, 0.2) is 0 Å². The van der Waals surface area contributed by atoms with Crippen LogP contribution in [0.2, 0.25) is 0 Å². The van der Waals surface area contributed by atoms with E-state index >= 15 is 0 Å². The first-order valence-electron chi connectivity index (χ1n) is 5.64. The predicted octanol–water partition coefficient (Wildman–Crippen LogP) is 0.580. The summed E-state index contributed by atoms with van der Waals surface area (Å²) in [6.07, 6.45) is 0. The molecule has 0 saturated heterocycles. The van der Waals surface area contributed by atoms with Crippen LogP contribution in [0.5, 0.6) is 0 Å². The summed E-state index contributed by atoms with van der Waals surface area (Å²) in [5, 5.41) is 7.64. The van der Waals surface area contributed by atoms with E-state index in [1.165, 1.54) is 6.92 Å². The Kier molecular flexibility index (Phi) is 3.34. The van der Waals surface area contributed by atoms with Gasteiger partial charge in [-0.2, -0.15) is 5.26 Å². The molecule has 1 saturated carbocycles. The number of sulfonamides is 1. The van der Waals surface area contributed by atoms with E-state index in [4.69, 9.17) is 11.0 Å². The van der Waals surface area contributed by atoms with Crippen LogP contribution in [0, 0.1) is 22.2 Å². The lowest BCUT2D eigenvalue weighted by Gasteiger charge is -2.62. The Morgan fingerprint density at radius 3 is 2.06 bits per heavy atom. The van der Waals surface area contributed by atoms with Gasteiger partial charge in [0.15, 0.2) is 5.25 Å². The fourth-order valence-corrected chi connectivity index (χ4v) is 4.10. The van der Waals surface area contributed by atoms with Crippen molar-refractivity contribution >= 4 is 10.0 Å². The van der Waals surface area contributed by atoms with Crippen molar-refractivity contribution < 1.29 is 8.42 Å². The average molecular weight is 259 g/mol. The van der Waals surface area contributed by atoms with Crippen LogP contribution in [0.3, 0.4) is 0 Å². The number of nitrogens with one attached hydrogen (secondary N) is 1. The molecule has 1 fully saturated rings. The van der Waals surface area contributed by atoms with Gasteiger partial charge in [0.25, 0.3) is 0 Å². The first-order valence-corrected chi connectivity index (χ1v) is 7.19. The molecule has 0 spiro atoms. The Balaban J connectivity index is 2.95. The topological polar surface area (TPSA) is 96.0 Å². The Bertz CT molecular complexity index is 432. The Morgan fingerprint density at radius 1 is 1.29 bits per heavy atom. The summed E-state index contributed by atoms with van der Waals surface area (Å²) < 4.78 is 26.4. The summed E-state index contributed by atoms with van der Waals surface area (Å²) in [4.78, 5) is 0. The Hall–Kier alpha value is -0.640. The number of hydrogen-bond donors (Lipinski definition) is 2. The minimum absolute atomic E-state index is 0.0694. The zero-order chi connectivity index (χ0) is 13.6. The molecule has 98 valence electrons. The van der Waals surface area contributed by atoms with Gasteiger partial charge in [-0.05, 0) is 17.8 Å². The summed E-state index contributed by atoms with van der Waals surface area (Å²) in [6.45, 7) is 9.13. The zero-order valence-corrected chi connectivity index (χ0v) is 11.8. The van der Waals surface area contributed by atoms with E-state index in [9.17, 15) is 8.42 Å². The summed E-state index contributed by atoms with van der Waals surface area (Å²) >= 11 is 0. The molecule has 17 heavy (non-hydrogen) atoms. The van der Waals surface area contributed by atoms with E-state index in [1.54, 1.807) is 6.07 Å². The smallest absolute Gasteiger partial charge is 0.227 e. The van der Waals surface area contributed by atoms with Gasteiger partial charge >= 0.3 is 0 Å². The highest BCUT2D eigenvalue weighted by Gasteiger charge is 2.61. The lowest BCUT2D eigenvalue weighted by molar-refractivity contribution is -0.0594. The lowest BCUT2D eigenvalue weighted by Crippen LogP contribution is -2.76. The van der Waals surface area contributed by atoms with Gasteiger partial charge in [-0.1, -0.05) is 27.7 Å². The van der Waals surface area contributed by atoms with Crippen LogP contribution in [0.1, 0.15) is 34.6 Å². The molecule has 1 aliphatic rings. The Morgan fingerprint density at radius 2 is 1.71 bits per heavy atom. The van der Waals surface area contributed by atoms with Gasteiger partial charge in [-0.25, -0.2) is 13.1 Å². The van der Waals surface area contributed by atoms with Gasteiger partial charge in [0.05, 0.1) is 6.07 Å². The summed E-state index contributed by atoms with van der Waals surface area (Å²) in [6, 6.07) is 1.43. The van der Waals surface area contributed by atoms with Crippen molar-refractivity contribution in [1.82, 2.24) is 4.72 Å². The number of nitrogens with two attached hydrogens (primary N) is 1. The second kappa shape index (κ2) is 3.94. The molecule has 0 aromatic rings. The van der Waals surface area contributed by atoms with Crippen LogP contribution in [-0.2, 0) is 10.0 Å². The van der Waals surface area contributed by atoms with Crippen LogP contribution in [0.4, 0.5) is 0 Å². The highest BCUT2D eigenvalue weighted by Crippen LogP contribution is 2.52. The second-order valence-corrected chi connectivity index (χ2v) is 8.02. The van der Waals surface area contributed by atoms with E-state index in [1.807, 2.05) is 27.7 Å². The monoisotopic (exact) mass is 259 g/mol. The van der Waals surface area contributed by atoms with Crippen LogP contribution >= 0.6 is 0 Å². The van der Waals surface area contributed by atoms with E-state index in [0.29, 0.717) is 0 Å². The van der Waals surface area contributed by atoms with Gasteiger partial charge in [0, 0.05) is 12.1 Å². The molecule has 0 radical (unpaired) electrons. The maximum atomic E-state index is 11.9. The third kappa shape index (κ3) is 2.07. The second-order valence-electron chi connectivity index (χ2n) is 5.99. The van der Waals surface area contributed by atoms with Gasteiger partial charge < -0.3 is 5.73 Å². The lowest BCUT2D eigenvalue weighted by atomic mass is 9.49. The van der Waals surface area contributed by atoms with E-state index in [-0.39, 0.29) is 22.9 Å². The van der Waals surface area contributed by atoms with Gasteiger partial charge in [0.1, 0.15) is 0 Å². The average Bonchev–Trinajstić information content (AvgIpc) is 2.23. The molecular formula is C11H21N3O2S. The normalized spacial score (nSPS) is 32.3. The van der Waals surface area contributed by atoms with Crippen molar-refractivity contribution in [3.05, 3.63) is 0 Å². The van der Waals surface area contributed by atoms with Crippen molar-refractivity contribution in [3.8, 4) is 6.07 Å². The highest BCUT2D eigenvalue weighted by molar-refractivity contribution is 7.90. The standard InChI is InChI=1S/C11H21N3O2S/c1-7(6-12)17(15,16)14-9-10(2,3)8(13)11(9,4)5/h7-9,14H,13H2,1-5H3. The molecule has 0 aliphatic heterocycles. The van der Waals surface area contributed by atoms with E-state index in [0.717, 1.165) is 0 Å². The molecule has 5 nitrogen and oxygen atoms in total. The molecule has 1 rings (SSSR count). The van der Waals surface area contributed by atoms with Crippen molar-refractivity contribution in [2.45, 2.75) is 52.0 Å².